The third-order valence-corrected chi connectivity index (χ3v) is 15.7. The van der Waals surface area contributed by atoms with E-state index >= 15 is 0 Å². The van der Waals surface area contributed by atoms with E-state index in [1.807, 2.05) is 11.3 Å². The summed E-state index contributed by atoms with van der Waals surface area (Å²) in [5, 5.41) is 9.69. The number of thiophene rings is 1. The molecule has 0 unspecified atom stereocenters. The van der Waals surface area contributed by atoms with Crippen molar-refractivity contribution in [3.63, 3.8) is 0 Å². The number of aromatic nitrogens is 2. The predicted molar refractivity (Wildman–Crippen MR) is 297 cm³/mol. The molecule has 0 bridgehead atoms. The standard InChI is InChI=1S/C66H40N2OS/c1-2-16-45(17-3-1)67-58-25-11-8-22-50(58)53-37-42(30-33-62(53)67)46-18-4-5-19-47(46)43-31-34-63-54(38-43)57-40-44(41-32-35-65-55(36-41)52-24-10-15-29-64(52)70-65)39-56(66(57)69-63)51-23-9-14-28-61(51)68-59-26-12-6-20-48(59)49-21-7-13-27-60(49)68/h1-40H. The first kappa shape index (κ1) is 39.1. The molecule has 0 radical (unpaired) electrons. The molecule has 15 rings (SSSR count). The van der Waals surface area contributed by atoms with Crippen molar-refractivity contribution < 1.29 is 4.42 Å². The fraction of sp³-hybridized carbons (Fsp3) is 0. The minimum Gasteiger partial charge on any atom is -0.455 e. The zero-order valence-corrected chi connectivity index (χ0v) is 38.6. The summed E-state index contributed by atoms with van der Waals surface area (Å²) in [7, 11) is 0. The van der Waals surface area contributed by atoms with Crippen LogP contribution in [0.4, 0.5) is 0 Å². The normalized spacial score (nSPS) is 12.0. The number of furan rings is 1. The molecule has 326 valence electrons. The van der Waals surface area contributed by atoms with E-state index in [0.29, 0.717) is 0 Å². The number of benzene rings is 11. The van der Waals surface area contributed by atoms with Crippen molar-refractivity contribution in [1.29, 1.82) is 0 Å². The maximum absolute atomic E-state index is 7.12. The smallest absolute Gasteiger partial charge is 0.143 e. The van der Waals surface area contributed by atoms with Crippen LogP contribution in [0, 0.1) is 0 Å². The molecular weight excluding hydrogens is 869 g/mol. The second kappa shape index (κ2) is 15.3. The molecule has 4 aromatic heterocycles. The maximum Gasteiger partial charge on any atom is 0.143 e. The van der Waals surface area contributed by atoms with E-state index < -0.39 is 0 Å². The van der Waals surface area contributed by atoms with Crippen LogP contribution in [0.1, 0.15) is 0 Å². The zero-order valence-electron chi connectivity index (χ0n) is 37.8. The van der Waals surface area contributed by atoms with Gasteiger partial charge in [0.2, 0.25) is 0 Å². The third-order valence-electron chi connectivity index (χ3n) is 14.5. The Kier molecular flexibility index (Phi) is 8.53. The van der Waals surface area contributed by atoms with E-state index in [-0.39, 0.29) is 0 Å². The van der Waals surface area contributed by atoms with Crippen LogP contribution < -0.4 is 0 Å². The lowest BCUT2D eigenvalue weighted by molar-refractivity contribution is 0.670. The minimum absolute atomic E-state index is 0.860. The fourth-order valence-corrected chi connectivity index (χ4v) is 12.5. The van der Waals surface area contributed by atoms with E-state index in [1.165, 1.54) is 86.0 Å². The van der Waals surface area contributed by atoms with E-state index in [2.05, 4.69) is 252 Å². The molecule has 3 nitrogen and oxygen atoms in total. The average Bonchev–Trinajstić information content (AvgIpc) is 4.18. The van der Waals surface area contributed by atoms with Gasteiger partial charge in [-0.1, -0.05) is 152 Å². The van der Waals surface area contributed by atoms with Crippen molar-refractivity contribution in [3.8, 4) is 55.9 Å². The Hall–Kier alpha value is -8.96. The molecule has 0 aliphatic carbocycles. The van der Waals surface area contributed by atoms with Gasteiger partial charge in [0.1, 0.15) is 11.2 Å². The molecule has 0 aliphatic heterocycles. The molecule has 11 aromatic carbocycles. The highest BCUT2D eigenvalue weighted by atomic mass is 32.1. The van der Waals surface area contributed by atoms with Crippen molar-refractivity contribution in [3.05, 3.63) is 243 Å². The Labute approximate surface area is 407 Å². The highest BCUT2D eigenvalue weighted by molar-refractivity contribution is 7.25. The van der Waals surface area contributed by atoms with Gasteiger partial charge >= 0.3 is 0 Å². The molecule has 15 aromatic rings. The van der Waals surface area contributed by atoms with Gasteiger partial charge in [0, 0.05) is 69.3 Å². The molecular formula is C66H40N2OS. The van der Waals surface area contributed by atoms with Crippen LogP contribution >= 0.6 is 11.3 Å². The summed E-state index contributed by atoms with van der Waals surface area (Å²) in [6, 6.07) is 88.7. The van der Waals surface area contributed by atoms with Gasteiger partial charge in [-0.15, -0.1) is 11.3 Å². The maximum atomic E-state index is 7.12. The Morgan fingerprint density at radius 1 is 0.286 bits per heavy atom. The first-order chi connectivity index (χ1) is 34.7. The van der Waals surface area contributed by atoms with Gasteiger partial charge in [-0.05, 0) is 124 Å². The zero-order chi connectivity index (χ0) is 45.9. The predicted octanol–water partition coefficient (Wildman–Crippen LogP) is 18.8. The fourth-order valence-electron chi connectivity index (χ4n) is 11.4. The van der Waals surface area contributed by atoms with Crippen LogP contribution in [-0.2, 0) is 0 Å². The van der Waals surface area contributed by atoms with Crippen molar-refractivity contribution in [2.24, 2.45) is 0 Å². The van der Waals surface area contributed by atoms with Crippen LogP contribution in [0.5, 0.6) is 0 Å². The lowest BCUT2D eigenvalue weighted by atomic mass is 9.92. The summed E-state index contributed by atoms with van der Waals surface area (Å²) < 4.78 is 14.5. The Morgan fingerprint density at radius 3 is 1.54 bits per heavy atom. The topological polar surface area (TPSA) is 23.0 Å². The van der Waals surface area contributed by atoms with E-state index in [9.17, 15) is 0 Å². The van der Waals surface area contributed by atoms with E-state index in [4.69, 9.17) is 4.42 Å². The number of hydrogen-bond acceptors (Lipinski definition) is 2. The molecule has 0 spiro atoms. The number of nitrogens with zero attached hydrogens (tertiary/aromatic N) is 2. The van der Waals surface area contributed by atoms with Crippen LogP contribution in [0.15, 0.2) is 247 Å². The molecule has 4 heterocycles. The summed E-state index contributed by atoms with van der Waals surface area (Å²) in [6.45, 7) is 0. The summed E-state index contributed by atoms with van der Waals surface area (Å²) >= 11 is 1.85. The van der Waals surface area contributed by atoms with Gasteiger partial charge < -0.3 is 13.6 Å². The number of fused-ring (bicyclic) bond motifs is 12. The first-order valence-electron chi connectivity index (χ1n) is 23.9. The first-order valence-corrected chi connectivity index (χ1v) is 24.7. The van der Waals surface area contributed by atoms with Crippen molar-refractivity contribution in [2.75, 3.05) is 0 Å². The number of rotatable bonds is 6. The monoisotopic (exact) mass is 908 g/mol. The van der Waals surface area contributed by atoms with Gasteiger partial charge in [0.25, 0.3) is 0 Å². The SMILES string of the molecule is c1ccc(-n2c3ccccc3c3cc(-c4ccccc4-c4ccc5oc6c(-c7ccccc7-n7c8ccccc8c8ccccc87)cc(-c7ccc8sc9ccccc9c8c7)cc6c5c4)ccc32)cc1. The van der Waals surface area contributed by atoms with Crippen LogP contribution in [-0.4, -0.2) is 9.13 Å². The second-order valence-electron chi connectivity index (χ2n) is 18.4. The summed E-state index contributed by atoms with van der Waals surface area (Å²) in [5.41, 5.74) is 17.9. The highest BCUT2D eigenvalue weighted by Gasteiger charge is 2.22. The molecule has 0 fully saturated rings. The van der Waals surface area contributed by atoms with Crippen LogP contribution in [0.3, 0.4) is 0 Å². The highest BCUT2D eigenvalue weighted by Crippen LogP contribution is 2.46. The summed E-state index contributed by atoms with van der Waals surface area (Å²) in [6.07, 6.45) is 0. The lowest BCUT2D eigenvalue weighted by Gasteiger charge is -2.15. The van der Waals surface area contributed by atoms with Gasteiger partial charge in [-0.25, -0.2) is 0 Å². The average molecular weight is 909 g/mol. The molecule has 0 aliphatic rings. The number of hydrogen-bond donors (Lipinski definition) is 0. The van der Waals surface area contributed by atoms with E-state index in [0.717, 1.165) is 55.6 Å². The third kappa shape index (κ3) is 5.87. The van der Waals surface area contributed by atoms with Gasteiger partial charge in [-0.2, -0.15) is 0 Å². The molecule has 0 saturated heterocycles. The van der Waals surface area contributed by atoms with Gasteiger partial charge in [0.15, 0.2) is 0 Å². The van der Waals surface area contributed by atoms with Crippen molar-refractivity contribution in [2.45, 2.75) is 0 Å². The molecule has 0 amide bonds. The Balaban J connectivity index is 0.950. The lowest BCUT2D eigenvalue weighted by Crippen LogP contribution is -1.97. The molecule has 0 N–H and O–H groups in total. The van der Waals surface area contributed by atoms with Crippen LogP contribution in [0.25, 0.3) is 142 Å². The largest absolute Gasteiger partial charge is 0.455 e. The van der Waals surface area contributed by atoms with Crippen LogP contribution in [0.2, 0.25) is 0 Å². The van der Waals surface area contributed by atoms with E-state index in [1.54, 1.807) is 0 Å². The summed E-state index contributed by atoms with van der Waals surface area (Å²) in [5.74, 6) is 0. The molecule has 0 saturated carbocycles. The van der Waals surface area contributed by atoms with Crippen molar-refractivity contribution >= 4 is 97.1 Å². The molecule has 4 heteroatoms. The molecule has 0 atom stereocenters. The number of para-hydroxylation sites is 5. The summed E-state index contributed by atoms with van der Waals surface area (Å²) in [4.78, 5) is 0. The Morgan fingerprint density at radius 2 is 0.800 bits per heavy atom. The quantitative estimate of drug-likeness (QED) is 0.163. The molecule has 70 heavy (non-hydrogen) atoms. The second-order valence-corrected chi connectivity index (χ2v) is 19.5. The van der Waals surface area contributed by atoms with Gasteiger partial charge in [0.05, 0.1) is 27.8 Å². The minimum atomic E-state index is 0.860. The Bertz CT molecular complexity index is 4550. The van der Waals surface area contributed by atoms with Crippen molar-refractivity contribution in [1.82, 2.24) is 9.13 Å². The van der Waals surface area contributed by atoms with Gasteiger partial charge in [-0.3, -0.25) is 0 Å².